The molecule has 0 spiro atoms. The molecule has 3 aromatic carbocycles. The standard InChI is InChI=1S/C33H36ClN3O7/c1-19(2)29(35)32(40)42-18-43-33(41)44-28-10-7-15-37(27-14-11-22(34)17-26(27)28)31(39)25-13-12-23(16-21(25)4)36-30(38)24-9-6-5-8-20(24)3/h5-6,8-9,11-14,16-17,19,28-29H,7,10,15,18,35H2,1-4H3,(H,36,38). The van der Waals surface area contributed by atoms with Gasteiger partial charge in [-0.05, 0) is 86.2 Å². The minimum Gasteiger partial charge on any atom is -0.427 e. The van der Waals surface area contributed by atoms with Crippen LogP contribution in [0.25, 0.3) is 0 Å². The van der Waals surface area contributed by atoms with E-state index < -0.39 is 31.1 Å². The molecule has 10 nitrogen and oxygen atoms in total. The van der Waals surface area contributed by atoms with Crippen LogP contribution in [-0.2, 0) is 19.0 Å². The van der Waals surface area contributed by atoms with Crippen LogP contribution in [-0.4, -0.2) is 43.3 Å². The van der Waals surface area contributed by atoms with E-state index in [9.17, 15) is 19.2 Å². The number of benzene rings is 3. The largest absolute Gasteiger partial charge is 0.511 e. The Hall–Kier alpha value is -4.41. The van der Waals surface area contributed by atoms with Gasteiger partial charge in [-0.15, -0.1) is 0 Å². The Morgan fingerprint density at radius 2 is 1.73 bits per heavy atom. The third kappa shape index (κ3) is 7.75. The monoisotopic (exact) mass is 621 g/mol. The highest BCUT2D eigenvalue weighted by Gasteiger charge is 2.31. The Morgan fingerprint density at radius 1 is 0.977 bits per heavy atom. The van der Waals surface area contributed by atoms with E-state index in [2.05, 4.69) is 5.32 Å². The molecule has 2 unspecified atom stereocenters. The second-order valence-electron chi connectivity index (χ2n) is 11.0. The summed E-state index contributed by atoms with van der Waals surface area (Å²) in [4.78, 5) is 52.7. The number of esters is 1. The zero-order chi connectivity index (χ0) is 32.0. The van der Waals surface area contributed by atoms with E-state index in [1.165, 1.54) is 0 Å². The van der Waals surface area contributed by atoms with Crippen LogP contribution in [0.3, 0.4) is 0 Å². The summed E-state index contributed by atoms with van der Waals surface area (Å²) in [6.07, 6.45) is -0.890. The number of rotatable bonds is 8. The lowest BCUT2D eigenvalue weighted by molar-refractivity contribution is -0.156. The molecule has 0 radical (unpaired) electrons. The van der Waals surface area contributed by atoms with E-state index in [1.807, 2.05) is 19.1 Å². The summed E-state index contributed by atoms with van der Waals surface area (Å²) in [5, 5.41) is 3.30. The van der Waals surface area contributed by atoms with Gasteiger partial charge in [0.1, 0.15) is 12.1 Å². The zero-order valence-electron chi connectivity index (χ0n) is 25.1. The van der Waals surface area contributed by atoms with Crippen LogP contribution in [0.2, 0.25) is 5.02 Å². The first-order valence-electron chi connectivity index (χ1n) is 14.3. The van der Waals surface area contributed by atoms with Gasteiger partial charge in [-0.1, -0.05) is 43.6 Å². The summed E-state index contributed by atoms with van der Waals surface area (Å²) in [6.45, 7) is 6.94. The summed E-state index contributed by atoms with van der Waals surface area (Å²) in [5.41, 5.74) is 9.97. The number of anilines is 2. The highest BCUT2D eigenvalue weighted by molar-refractivity contribution is 6.30. The topological polar surface area (TPSA) is 137 Å². The molecule has 1 aliphatic rings. The molecule has 0 aromatic heterocycles. The second-order valence-corrected chi connectivity index (χ2v) is 11.4. The number of carbonyl (C=O) groups excluding carboxylic acids is 4. The van der Waals surface area contributed by atoms with Crippen LogP contribution >= 0.6 is 11.6 Å². The summed E-state index contributed by atoms with van der Waals surface area (Å²) >= 11 is 6.31. The molecular weight excluding hydrogens is 586 g/mol. The fraction of sp³-hybridized carbons (Fsp3) is 0.333. The molecule has 44 heavy (non-hydrogen) atoms. The molecular formula is C33H36ClN3O7. The van der Waals surface area contributed by atoms with Crippen LogP contribution in [0.1, 0.15) is 70.2 Å². The van der Waals surface area contributed by atoms with Gasteiger partial charge in [0.05, 0.1) is 5.69 Å². The van der Waals surface area contributed by atoms with Crippen LogP contribution in [0.4, 0.5) is 16.2 Å². The van der Waals surface area contributed by atoms with Crippen molar-refractivity contribution in [2.24, 2.45) is 11.7 Å². The minimum atomic E-state index is -1.04. The first-order valence-corrected chi connectivity index (χ1v) is 14.7. The molecule has 0 aliphatic carbocycles. The number of hydrogen-bond donors (Lipinski definition) is 2. The number of carbonyl (C=O) groups is 4. The Morgan fingerprint density at radius 3 is 2.43 bits per heavy atom. The van der Waals surface area contributed by atoms with Gasteiger partial charge in [-0.3, -0.25) is 14.4 Å². The lowest BCUT2D eigenvalue weighted by Gasteiger charge is -2.25. The lowest BCUT2D eigenvalue weighted by atomic mass is 10.0. The maximum Gasteiger partial charge on any atom is 0.511 e. The van der Waals surface area contributed by atoms with E-state index in [1.54, 1.807) is 74.2 Å². The molecule has 0 saturated heterocycles. The van der Waals surface area contributed by atoms with Crippen molar-refractivity contribution in [1.29, 1.82) is 0 Å². The average molecular weight is 622 g/mol. The molecule has 0 fully saturated rings. The third-order valence-electron chi connectivity index (χ3n) is 7.43. The predicted molar refractivity (Wildman–Crippen MR) is 167 cm³/mol. The molecule has 0 saturated carbocycles. The van der Waals surface area contributed by atoms with Crippen molar-refractivity contribution >= 4 is 46.9 Å². The molecule has 1 aliphatic heterocycles. The maximum absolute atomic E-state index is 13.9. The van der Waals surface area contributed by atoms with Gasteiger partial charge < -0.3 is 30.2 Å². The predicted octanol–water partition coefficient (Wildman–Crippen LogP) is 6.33. The summed E-state index contributed by atoms with van der Waals surface area (Å²) in [6, 6.07) is 16.6. The van der Waals surface area contributed by atoms with E-state index >= 15 is 0 Å². The zero-order valence-corrected chi connectivity index (χ0v) is 25.9. The molecule has 232 valence electrons. The number of hydrogen-bond acceptors (Lipinski definition) is 8. The summed E-state index contributed by atoms with van der Waals surface area (Å²) < 4.78 is 15.5. The van der Waals surface area contributed by atoms with Gasteiger partial charge in [0.25, 0.3) is 11.8 Å². The van der Waals surface area contributed by atoms with Gasteiger partial charge >= 0.3 is 12.1 Å². The lowest BCUT2D eigenvalue weighted by Crippen LogP contribution is -2.37. The Balaban J connectivity index is 1.48. The Bertz CT molecular complexity index is 1560. The van der Waals surface area contributed by atoms with Crippen LogP contribution in [0.5, 0.6) is 0 Å². The van der Waals surface area contributed by atoms with Gasteiger partial charge in [-0.2, -0.15) is 0 Å². The highest BCUT2D eigenvalue weighted by Crippen LogP contribution is 2.38. The molecule has 3 N–H and O–H groups in total. The van der Waals surface area contributed by atoms with Gasteiger partial charge in [0.15, 0.2) is 0 Å². The van der Waals surface area contributed by atoms with Gasteiger partial charge in [-0.25, -0.2) is 4.79 Å². The van der Waals surface area contributed by atoms with Crippen molar-refractivity contribution in [3.8, 4) is 0 Å². The number of amides is 2. The van der Waals surface area contributed by atoms with Crippen molar-refractivity contribution < 1.29 is 33.4 Å². The van der Waals surface area contributed by atoms with Crippen LogP contribution in [0.15, 0.2) is 60.7 Å². The number of ether oxygens (including phenoxy) is 3. The number of nitrogens with one attached hydrogen (secondary N) is 1. The van der Waals surface area contributed by atoms with E-state index in [4.69, 9.17) is 31.5 Å². The second kappa shape index (κ2) is 14.4. The first kappa shape index (κ1) is 32.5. The van der Waals surface area contributed by atoms with Crippen LogP contribution < -0.4 is 16.0 Å². The number of aryl methyl sites for hydroxylation is 2. The molecule has 11 heteroatoms. The van der Waals surface area contributed by atoms with E-state index in [0.717, 1.165) is 5.56 Å². The third-order valence-corrected chi connectivity index (χ3v) is 7.67. The van der Waals surface area contributed by atoms with E-state index in [-0.39, 0.29) is 17.7 Å². The molecule has 4 rings (SSSR count). The van der Waals surface area contributed by atoms with Crippen molar-refractivity contribution in [3.05, 3.63) is 93.5 Å². The van der Waals surface area contributed by atoms with Crippen molar-refractivity contribution in [2.45, 2.75) is 52.7 Å². The summed E-state index contributed by atoms with van der Waals surface area (Å²) in [5.74, 6) is -1.31. The quantitative estimate of drug-likeness (QED) is 0.220. The van der Waals surface area contributed by atoms with E-state index in [0.29, 0.717) is 58.0 Å². The molecule has 3 aromatic rings. The molecule has 1 heterocycles. The number of nitrogens with two attached hydrogens (primary N) is 1. The SMILES string of the molecule is Cc1ccccc1C(=O)Nc1ccc(C(=O)N2CCCC(OC(=O)OCOC(=O)C(N)C(C)C)c3cc(Cl)ccc32)c(C)c1. The highest BCUT2D eigenvalue weighted by atomic mass is 35.5. The number of fused-ring (bicyclic) bond motifs is 1. The fourth-order valence-corrected chi connectivity index (χ4v) is 5.06. The Labute approximate surface area is 261 Å². The van der Waals surface area contributed by atoms with Crippen molar-refractivity contribution in [3.63, 3.8) is 0 Å². The average Bonchev–Trinajstić information content (AvgIpc) is 3.15. The Kier molecular flexibility index (Phi) is 10.6. The smallest absolute Gasteiger partial charge is 0.427 e. The summed E-state index contributed by atoms with van der Waals surface area (Å²) in [7, 11) is 0. The molecule has 0 bridgehead atoms. The minimum absolute atomic E-state index is 0.140. The van der Waals surface area contributed by atoms with Gasteiger partial charge in [0, 0.05) is 33.9 Å². The number of halogens is 1. The van der Waals surface area contributed by atoms with Crippen LogP contribution in [0, 0.1) is 19.8 Å². The van der Waals surface area contributed by atoms with Crippen molar-refractivity contribution in [2.75, 3.05) is 23.6 Å². The first-order chi connectivity index (χ1) is 21.0. The number of nitrogens with zero attached hydrogens (tertiary/aromatic N) is 1. The molecule has 2 atom stereocenters. The normalized spacial score (nSPS) is 15.1. The molecule has 2 amide bonds. The maximum atomic E-state index is 13.9. The van der Waals surface area contributed by atoms with Gasteiger partial charge in [0.2, 0.25) is 6.79 Å². The fourth-order valence-electron chi connectivity index (χ4n) is 4.88. The van der Waals surface area contributed by atoms with Crippen molar-refractivity contribution in [1.82, 2.24) is 0 Å².